The maximum absolute atomic E-state index is 12.4. The van der Waals surface area contributed by atoms with Crippen LogP contribution in [0.5, 0.6) is 5.75 Å². The number of benzene rings is 1. The zero-order chi connectivity index (χ0) is 18.0. The number of aromatic nitrogens is 2. The third-order valence-corrected chi connectivity index (χ3v) is 5.75. The molecule has 10 heteroatoms. The van der Waals surface area contributed by atoms with E-state index in [4.69, 9.17) is 9.84 Å². The molecule has 9 nitrogen and oxygen atoms in total. The van der Waals surface area contributed by atoms with Crippen LogP contribution in [0.25, 0.3) is 11.0 Å². The van der Waals surface area contributed by atoms with E-state index < -0.39 is 22.1 Å². The van der Waals surface area contributed by atoms with Crippen LogP contribution in [0, 0.1) is 5.92 Å². The first-order valence-electron chi connectivity index (χ1n) is 7.89. The third kappa shape index (κ3) is 3.91. The molecule has 1 aliphatic rings. The lowest BCUT2D eigenvalue weighted by atomic mass is 10.0. The van der Waals surface area contributed by atoms with Crippen molar-refractivity contribution in [1.82, 2.24) is 19.0 Å². The van der Waals surface area contributed by atoms with Crippen LogP contribution in [0.15, 0.2) is 18.2 Å². The van der Waals surface area contributed by atoms with Crippen molar-refractivity contribution in [3.8, 4) is 5.75 Å². The summed E-state index contributed by atoms with van der Waals surface area (Å²) in [7, 11) is -2.20. The number of hydrogen-bond acceptors (Lipinski definition) is 5. The van der Waals surface area contributed by atoms with Gasteiger partial charge in [-0.3, -0.25) is 4.79 Å². The normalized spacial score (nSPS) is 19.2. The van der Waals surface area contributed by atoms with Gasteiger partial charge in [0, 0.05) is 19.2 Å². The van der Waals surface area contributed by atoms with Crippen LogP contribution in [-0.2, 0) is 21.5 Å². The summed E-state index contributed by atoms with van der Waals surface area (Å²) in [5.41, 5.74) is 1.45. The number of nitrogens with zero attached hydrogens (tertiary/aromatic N) is 2. The molecule has 0 aliphatic carbocycles. The minimum absolute atomic E-state index is 0.00638. The molecule has 2 aromatic rings. The lowest BCUT2D eigenvalue weighted by Crippen LogP contribution is -2.47. The number of hydrogen-bond donors (Lipinski definition) is 3. The Morgan fingerprint density at radius 2 is 2.32 bits per heavy atom. The van der Waals surface area contributed by atoms with E-state index in [0.29, 0.717) is 36.5 Å². The predicted octanol–water partition coefficient (Wildman–Crippen LogP) is 0.702. The minimum atomic E-state index is -3.76. The van der Waals surface area contributed by atoms with E-state index >= 15 is 0 Å². The van der Waals surface area contributed by atoms with Gasteiger partial charge in [0.15, 0.2) is 0 Å². The van der Waals surface area contributed by atoms with Crippen molar-refractivity contribution < 1.29 is 23.1 Å². The molecule has 25 heavy (non-hydrogen) atoms. The summed E-state index contributed by atoms with van der Waals surface area (Å²) in [6, 6.07) is 5.34. The highest BCUT2D eigenvalue weighted by Gasteiger charge is 2.32. The molecule has 1 aromatic heterocycles. The molecule has 1 fully saturated rings. The summed E-state index contributed by atoms with van der Waals surface area (Å²) in [6.07, 6.45) is 1.02. The summed E-state index contributed by atoms with van der Waals surface area (Å²) >= 11 is 0. The maximum atomic E-state index is 12.4. The molecule has 0 amide bonds. The number of methoxy groups -OCH3 is 1. The number of carbonyl (C=O) groups is 1. The van der Waals surface area contributed by atoms with Crippen molar-refractivity contribution in [2.75, 3.05) is 20.2 Å². The number of nitrogens with one attached hydrogen (secondary N) is 2. The zero-order valence-corrected chi connectivity index (χ0v) is 14.5. The quantitative estimate of drug-likeness (QED) is 0.689. The summed E-state index contributed by atoms with van der Waals surface area (Å²) in [4.78, 5) is 18.5. The average Bonchev–Trinajstić information content (AvgIpc) is 3.02. The van der Waals surface area contributed by atoms with Gasteiger partial charge in [-0.2, -0.15) is 17.4 Å². The number of aromatic amines is 1. The number of carboxylic acids is 1. The van der Waals surface area contributed by atoms with Crippen LogP contribution in [-0.4, -0.2) is 54.0 Å². The van der Waals surface area contributed by atoms with E-state index in [1.54, 1.807) is 25.3 Å². The van der Waals surface area contributed by atoms with Crippen molar-refractivity contribution in [3.63, 3.8) is 0 Å². The molecule has 0 spiro atoms. The van der Waals surface area contributed by atoms with Crippen LogP contribution in [0.1, 0.15) is 18.7 Å². The Morgan fingerprint density at radius 1 is 1.52 bits per heavy atom. The highest BCUT2D eigenvalue weighted by atomic mass is 32.2. The van der Waals surface area contributed by atoms with Crippen LogP contribution in [0.3, 0.4) is 0 Å². The van der Waals surface area contributed by atoms with E-state index in [1.165, 1.54) is 4.31 Å². The number of carboxylic acid groups (broad SMARTS) is 1. The van der Waals surface area contributed by atoms with E-state index in [1.807, 2.05) is 0 Å². The number of imidazole rings is 1. The molecule has 136 valence electrons. The molecule has 1 aliphatic heterocycles. The Labute approximate surface area is 145 Å². The molecule has 0 bridgehead atoms. The largest absolute Gasteiger partial charge is 0.497 e. The second-order valence-corrected chi connectivity index (χ2v) is 7.68. The van der Waals surface area contributed by atoms with Gasteiger partial charge in [0.05, 0.1) is 30.6 Å². The van der Waals surface area contributed by atoms with Gasteiger partial charge in [-0.05, 0) is 25.0 Å². The second-order valence-electron chi connectivity index (χ2n) is 5.93. The molecule has 1 saturated heterocycles. The topological polar surface area (TPSA) is 125 Å². The predicted molar refractivity (Wildman–Crippen MR) is 90.3 cm³/mol. The fourth-order valence-corrected chi connectivity index (χ4v) is 4.11. The van der Waals surface area contributed by atoms with Crippen molar-refractivity contribution in [2.24, 2.45) is 5.92 Å². The van der Waals surface area contributed by atoms with E-state index in [0.717, 1.165) is 5.52 Å². The summed E-state index contributed by atoms with van der Waals surface area (Å²) in [5.74, 6) is -0.481. The molecular weight excluding hydrogens is 348 g/mol. The Hall–Kier alpha value is -2.17. The number of fused-ring (bicyclic) bond motifs is 1. The number of H-pyrrole nitrogens is 1. The average molecular weight is 368 g/mol. The first-order valence-corrected chi connectivity index (χ1v) is 9.33. The van der Waals surface area contributed by atoms with Crippen molar-refractivity contribution >= 4 is 27.2 Å². The highest BCUT2D eigenvalue weighted by Crippen LogP contribution is 2.20. The molecule has 3 rings (SSSR count). The van der Waals surface area contributed by atoms with Gasteiger partial charge >= 0.3 is 5.97 Å². The lowest BCUT2D eigenvalue weighted by molar-refractivity contribution is -0.142. The number of aliphatic carboxylic acids is 1. The molecule has 1 aromatic carbocycles. The van der Waals surface area contributed by atoms with E-state index in [-0.39, 0.29) is 13.1 Å². The van der Waals surface area contributed by atoms with Gasteiger partial charge < -0.3 is 14.8 Å². The molecule has 2 heterocycles. The van der Waals surface area contributed by atoms with Gasteiger partial charge in [-0.25, -0.2) is 4.98 Å². The Balaban J connectivity index is 1.68. The first kappa shape index (κ1) is 17.6. The molecule has 0 radical (unpaired) electrons. The molecule has 1 atom stereocenters. The number of rotatable bonds is 6. The summed E-state index contributed by atoms with van der Waals surface area (Å²) in [5, 5.41) is 9.09. The Kier molecular flexibility index (Phi) is 4.93. The standard InChI is InChI=1S/C15H20N4O5S/c1-24-11-4-5-12-13(7-11)18-14(17-12)8-16-25(22,23)19-6-2-3-10(9-19)15(20)21/h4-5,7,10,16H,2-3,6,8-9H2,1H3,(H,17,18)(H,20,21). The van der Waals surface area contributed by atoms with Crippen molar-refractivity contribution in [1.29, 1.82) is 0 Å². The molecule has 1 unspecified atom stereocenters. The van der Waals surface area contributed by atoms with E-state index in [2.05, 4.69) is 14.7 Å². The van der Waals surface area contributed by atoms with Gasteiger partial charge in [0.1, 0.15) is 11.6 Å². The van der Waals surface area contributed by atoms with E-state index in [9.17, 15) is 13.2 Å². The van der Waals surface area contributed by atoms with Gasteiger partial charge in [-0.1, -0.05) is 0 Å². The second kappa shape index (κ2) is 6.98. The minimum Gasteiger partial charge on any atom is -0.497 e. The number of ether oxygens (including phenoxy) is 1. The van der Waals surface area contributed by atoms with Crippen LogP contribution >= 0.6 is 0 Å². The SMILES string of the molecule is COc1ccc2nc(CNS(=O)(=O)N3CCCC(C(=O)O)C3)[nH]c2c1. The smallest absolute Gasteiger partial charge is 0.307 e. The molecular formula is C15H20N4O5S. The fourth-order valence-electron chi connectivity index (χ4n) is 2.87. The number of piperidine rings is 1. The van der Waals surface area contributed by atoms with Crippen LogP contribution in [0.4, 0.5) is 0 Å². The highest BCUT2D eigenvalue weighted by molar-refractivity contribution is 7.87. The summed E-state index contributed by atoms with van der Waals surface area (Å²) in [6.45, 7) is 0.298. The summed E-state index contributed by atoms with van der Waals surface area (Å²) < 4.78 is 33.6. The maximum Gasteiger partial charge on any atom is 0.307 e. The van der Waals surface area contributed by atoms with Crippen molar-refractivity contribution in [3.05, 3.63) is 24.0 Å². The lowest BCUT2D eigenvalue weighted by Gasteiger charge is -2.29. The Morgan fingerprint density at radius 3 is 3.04 bits per heavy atom. The third-order valence-electron chi connectivity index (χ3n) is 4.23. The van der Waals surface area contributed by atoms with Gasteiger partial charge in [-0.15, -0.1) is 0 Å². The van der Waals surface area contributed by atoms with Crippen LogP contribution in [0.2, 0.25) is 0 Å². The fraction of sp³-hybridized carbons (Fsp3) is 0.467. The van der Waals surface area contributed by atoms with Gasteiger partial charge in [0.2, 0.25) is 0 Å². The Bertz CT molecular complexity index is 879. The zero-order valence-electron chi connectivity index (χ0n) is 13.7. The van der Waals surface area contributed by atoms with Gasteiger partial charge in [0.25, 0.3) is 10.2 Å². The van der Waals surface area contributed by atoms with Crippen molar-refractivity contribution in [2.45, 2.75) is 19.4 Å². The molecule has 0 saturated carbocycles. The van der Waals surface area contributed by atoms with Crippen LogP contribution < -0.4 is 9.46 Å². The molecule has 3 N–H and O–H groups in total. The monoisotopic (exact) mass is 368 g/mol. The first-order chi connectivity index (χ1) is 11.9.